The molecule has 2 aromatic carbocycles. The van der Waals surface area contributed by atoms with Gasteiger partial charge in [0.05, 0.1) is 30.1 Å². The molecule has 0 saturated carbocycles. The topological polar surface area (TPSA) is 60.2 Å². The Morgan fingerprint density at radius 3 is 2.72 bits per heavy atom. The molecule has 0 radical (unpaired) electrons. The third kappa shape index (κ3) is 5.82. The van der Waals surface area contributed by atoms with Crippen molar-refractivity contribution in [1.82, 2.24) is 14.5 Å². The van der Waals surface area contributed by atoms with Gasteiger partial charge in [-0.15, -0.1) is 24.2 Å². The van der Waals surface area contributed by atoms with Gasteiger partial charge in [0.1, 0.15) is 5.75 Å². The number of aromatic nitrogens is 3. The molecule has 32 heavy (non-hydrogen) atoms. The second kappa shape index (κ2) is 11.4. The van der Waals surface area contributed by atoms with Crippen LogP contribution in [0, 0.1) is 0 Å². The number of hydrogen-bond donors (Lipinski definition) is 0. The summed E-state index contributed by atoms with van der Waals surface area (Å²) < 4.78 is 8.36. The van der Waals surface area contributed by atoms with Crippen LogP contribution in [0.5, 0.6) is 5.75 Å². The summed E-state index contributed by atoms with van der Waals surface area (Å²) in [6, 6.07) is 14.0. The van der Waals surface area contributed by atoms with Gasteiger partial charge < -0.3 is 9.30 Å². The lowest BCUT2D eigenvalue weighted by atomic mass is 10.1. The molecule has 0 aliphatic carbocycles. The molecule has 0 spiro atoms. The first kappa shape index (κ1) is 24.1. The number of anilines is 1. The minimum Gasteiger partial charge on any atom is -0.497 e. The highest BCUT2D eigenvalue weighted by Crippen LogP contribution is 2.32. The standard InChI is InChI=1S/C23H24N4O2S2.ClH/c1-29-18-6-9-20-21(15-18)31-23(25-20)27(12-3-11-26-13-10-24-16-26)22(28)14-17-4-7-19(30-2)8-5-17;/h4-10,13,15-16H,3,11-12,14H2,1-2H3;1H. The van der Waals surface area contributed by atoms with Gasteiger partial charge in [-0.25, -0.2) is 9.97 Å². The van der Waals surface area contributed by atoms with E-state index in [1.165, 1.54) is 16.2 Å². The lowest BCUT2D eigenvalue weighted by molar-refractivity contribution is -0.118. The highest BCUT2D eigenvalue weighted by atomic mass is 35.5. The zero-order chi connectivity index (χ0) is 21.6. The smallest absolute Gasteiger partial charge is 0.233 e. The molecular weight excluding hydrogens is 464 g/mol. The van der Waals surface area contributed by atoms with Crippen LogP contribution < -0.4 is 9.64 Å². The van der Waals surface area contributed by atoms with E-state index < -0.39 is 0 Å². The summed E-state index contributed by atoms with van der Waals surface area (Å²) in [5, 5.41) is 0.722. The highest BCUT2D eigenvalue weighted by Gasteiger charge is 2.20. The molecule has 0 saturated heterocycles. The number of benzene rings is 2. The van der Waals surface area contributed by atoms with E-state index in [1.54, 1.807) is 31.4 Å². The number of thiazole rings is 1. The average molecular weight is 489 g/mol. The molecule has 0 fully saturated rings. The lowest BCUT2D eigenvalue weighted by Crippen LogP contribution is -2.33. The van der Waals surface area contributed by atoms with E-state index in [0.29, 0.717) is 13.0 Å². The number of amides is 1. The van der Waals surface area contributed by atoms with Gasteiger partial charge in [0.15, 0.2) is 5.13 Å². The highest BCUT2D eigenvalue weighted by molar-refractivity contribution is 7.98. The number of ether oxygens (including phenoxy) is 1. The summed E-state index contributed by atoms with van der Waals surface area (Å²) in [6.45, 7) is 1.39. The van der Waals surface area contributed by atoms with E-state index in [0.717, 1.165) is 39.6 Å². The van der Waals surface area contributed by atoms with Crippen LogP contribution >= 0.6 is 35.5 Å². The third-order valence-electron chi connectivity index (χ3n) is 4.99. The monoisotopic (exact) mass is 488 g/mol. The number of fused-ring (bicyclic) bond motifs is 1. The number of carbonyl (C=O) groups excluding carboxylic acids is 1. The van der Waals surface area contributed by atoms with E-state index in [9.17, 15) is 4.79 Å². The molecule has 0 aliphatic rings. The summed E-state index contributed by atoms with van der Waals surface area (Å²) >= 11 is 3.21. The quantitative estimate of drug-likeness (QED) is 0.299. The molecule has 0 bridgehead atoms. The maximum Gasteiger partial charge on any atom is 0.233 e. The van der Waals surface area contributed by atoms with Gasteiger partial charge in [0.25, 0.3) is 0 Å². The van der Waals surface area contributed by atoms with Gasteiger partial charge in [0.2, 0.25) is 5.91 Å². The maximum atomic E-state index is 13.3. The second-order valence-electron chi connectivity index (χ2n) is 7.05. The SMILES string of the molecule is COc1ccc2nc(N(CCCn3ccnc3)C(=O)Cc3ccc(SC)cc3)sc2c1.Cl. The van der Waals surface area contributed by atoms with Gasteiger partial charge in [-0.05, 0) is 48.6 Å². The molecule has 168 valence electrons. The summed E-state index contributed by atoms with van der Waals surface area (Å²) in [4.78, 5) is 25.1. The number of hydrogen-bond acceptors (Lipinski definition) is 6. The molecule has 0 aliphatic heterocycles. The van der Waals surface area contributed by atoms with Crippen molar-refractivity contribution in [2.75, 3.05) is 24.8 Å². The fraction of sp³-hybridized carbons (Fsp3) is 0.261. The zero-order valence-electron chi connectivity index (χ0n) is 17.9. The summed E-state index contributed by atoms with van der Waals surface area (Å²) in [7, 11) is 1.65. The predicted octanol–water partition coefficient (Wildman–Crippen LogP) is 5.31. The van der Waals surface area contributed by atoms with Crippen molar-refractivity contribution in [2.24, 2.45) is 0 Å². The van der Waals surface area contributed by atoms with Crippen molar-refractivity contribution in [1.29, 1.82) is 0 Å². The number of carbonyl (C=O) groups is 1. The van der Waals surface area contributed by atoms with Crippen LogP contribution in [0.15, 0.2) is 66.1 Å². The van der Waals surface area contributed by atoms with Gasteiger partial charge in [-0.2, -0.15) is 0 Å². The Morgan fingerprint density at radius 2 is 2.03 bits per heavy atom. The van der Waals surface area contributed by atoms with Gasteiger partial charge in [-0.3, -0.25) is 9.69 Å². The number of halogens is 1. The Hall–Kier alpha value is -2.55. The molecule has 0 N–H and O–H groups in total. The largest absolute Gasteiger partial charge is 0.497 e. The van der Waals surface area contributed by atoms with Crippen molar-refractivity contribution in [2.45, 2.75) is 24.3 Å². The van der Waals surface area contributed by atoms with Crippen LogP contribution in [0.4, 0.5) is 5.13 Å². The maximum absolute atomic E-state index is 13.3. The van der Waals surface area contributed by atoms with Crippen molar-refractivity contribution in [3.8, 4) is 5.75 Å². The second-order valence-corrected chi connectivity index (χ2v) is 8.94. The van der Waals surface area contributed by atoms with Gasteiger partial charge in [-0.1, -0.05) is 23.5 Å². The minimum absolute atomic E-state index is 0. The molecule has 6 nitrogen and oxygen atoms in total. The van der Waals surface area contributed by atoms with Crippen molar-refractivity contribution in [3.63, 3.8) is 0 Å². The van der Waals surface area contributed by atoms with E-state index in [2.05, 4.69) is 17.1 Å². The van der Waals surface area contributed by atoms with Crippen LogP contribution in [0.3, 0.4) is 0 Å². The number of methoxy groups -OCH3 is 1. The molecule has 9 heteroatoms. The van der Waals surface area contributed by atoms with Gasteiger partial charge in [0, 0.05) is 30.4 Å². The van der Waals surface area contributed by atoms with Crippen LogP contribution in [0.2, 0.25) is 0 Å². The van der Waals surface area contributed by atoms with Gasteiger partial charge >= 0.3 is 0 Å². The normalized spacial score (nSPS) is 10.7. The molecular formula is C23H25ClN4O2S2. The van der Waals surface area contributed by atoms with E-state index in [1.807, 2.05) is 52.3 Å². The Bertz CT molecular complexity index is 1150. The third-order valence-corrected chi connectivity index (χ3v) is 6.77. The van der Waals surface area contributed by atoms with E-state index in [4.69, 9.17) is 9.72 Å². The number of imidazole rings is 1. The van der Waals surface area contributed by atoms with Crippen LogP contribution in [0.25, 0.3) is 10.2 Å². The fourth-order valence-electron chi connectivity index (χ4n) is 3.31. The van der Waals surface area contributed by atoms with Crippen LogP contribution in [-0.2, 0) is 17.8 Å². The van der Waals surface area contributed by atoms with E-state index in [-0.39, 0.29) is 18.3 Å². The lowest BCUT2D eigenvalue weighted by Gasteiger charge is -2.20. The summed E-state index contributed by atoms with van der Waals surface area (Å²) in [5.74, 6) is 0.836. The summed E-state index contributed by atoms with van der Waals surface area (Å²) in [6.07, 6.45) is 8.70. The van der Waals surface area contributed by atoms with Crippen molar-refractivity contribution < 1.29 is 9.53 Å². The molecule has 0 unspecified atom stereocenters. The van der Waals surface area contributed by atoms with Crippen molar-refractivity contribution in [3.05, 3.63) is 66.7 Å². The number of aryl methyl sites for hydroxylation is 1. The van der Waals surface area contributed by atoms with Crippen LogP contribution in [0.1, 0.15) is 12.0 Å². The zero-order valence-corrected chi connectivity index (χ0v) is 20.4. The molecule has 2 heterocycles. The molecule has 2 aromatic heterocycles. The Labute approximate surface area is 202 Å². The first-order chi connectivity index (χ1) is 15.2. The van der Waals surface area contributed by atoms with Crippen LogP contribution in [-0.4, -0.2) is 40.4 Å². The summed E-state index contributed by atoms with van der Waals surface area (Å²) in [5.41, 5.74) is 1.88. The molecule has 4 rings (SSSR count). The number of nitrogens with zero attached hydrogens (tertiary/aromatic N) is 4. The Kier molecular flexibility index (Phi) is 8.55. The van der Waals surface area contributed by atoms with E-state index >= 15 is 0 Å². The predicted molar refractivity (Wildman–Crippen MR) is 135 cm³/mol. The molecule has 4 aromatic rings. The Morgan fingerprint density at radius 1 is 1.22 bits per heavy atom. The number of thioether (sulfide) groups is 1. The fourth-order valence-corrected chi connectivity index (χ4v) is 4.75. The Balaban J connectivity index is 0.00000289. The number of rotatable bonds is 9. The molecule has 1 amide bonds. The van der Waals surface area contributed by atoms with Crippen molar-refractivity contribution >= 4 is 56.8 Å². The average Bonchev–Trinajstić information content (AvgIpc) is 3.46. The molecule has 0 atom stereocenters. The first-order valence-electron chi connectivity index (χ1n) is 10.00. The first-order valence-corrected chi connectivity index (χ1v) is 12.0. The minimum atomic E-state index is 0.